The summed E-state index contributed by atoms with van der Waals surface area (Å²) in [5.74, 6) is -0.0625. The molecule has 4 heteroatoms. The minimum atomic E-state index is -1.33. The second kappa shape index (κ2) is 6.43. The van der Waals surface area contributed by atoms with Gasteiger partial charge in [-0.1, -0.05) is 48.5 Å². The molecule has 2 aliphatic heterocycles. The molecule has 0 aromatic heterocycles. The van der Waals surface area contributed by atoms with Crippen molar-refractivity contribution in [3.63, 3.8) is 0 Å². The molecule has 0 aliphatic carbocycles. The Kier molecular flexibility index (Phi) is 4.40. The van der Waals surface area contributed by atoms with Crippen molar-refractivity contribution < 1.29 is 9.90 Å². The first kappa shape index (κ1) is 19.2. The highest BCUT2D eigenvalue weighted by Crippen LogP contribution is 2.45. The van der Waals surface area contributed by atoms with Gasteiger partial charge in [0.25, 0.3) is 5.91 Å². The lowest BCUT2D eigenvalue weighted by molar-refractivity contribution is -0.116. The summed E-state index contributed by atoms with van der Waals surface area (Å²) in [6.45, 7) is 8.69. The van der Waals surface area contributed by atoms with E-state index < -0.39 is 5.72 Å². The van der Waals surface area contributed by atoms with Gasteiger partial charge in [0, 0.05) is 34.7 Å². The standard InChI is InChI=1S/C24H30N2O2/c1-22(2)15-18(16-23(3,4)25-22)26-21(27)19-12-8-9-13-20(19)24(26,28)14-17-10-6-5-7-11-17/h5-13,18,25,28H,14-16H2,1-4H3. The topological polar surface area (TPSA) is 52.6 Å². The molecule has 4 rings (SSSR count). The Hall–Kier alpha value is -2.17. The molecule has 0 spiro atoms. The molecule has 0 radical (unpaired) electrons. The van der Waals surface area contributed by atoms with Gasteiger partial charge in [0.05, 0.1) is 0 Å². The number of hydrogen-bond acceptors (Lipinski definition) is 3. The van der Waals surface area contributed by atoms with Crippen molar-refractivity contribution in [3.8, 4) is 0 Å². The van der Waals surface area contributed by atoms with Crippen LogP contribution in [0.2, 0.25) is 0 Å². The molecule has 4 nitrogen and oxygen atoms in total. The van der Waals surface area contributed by atoms with Gasteiger partial charge in [-0.25, -0.2) is 0 Å². The van der Waals surface area contributed by atoms with E-state index >= 15 is 0 Å². The fraction of sp³-hybridized carbons (Fsp3) is 0.458. The number of carbonyl (C=O) groups is 1. The van der Waals surface area contributed by atoms with Crippen molar-refractivity contribution in [3.05, 3.63) is 71.3 Å². The Morgan fingerprint density at radius 2 is 1.54 bits per heavy atom. The molecule has 2 heterocycles. The van der Waals surface area contributed by atoms with E-state index in [4.69, 9.17) is 0 Å². The Morgan fingerprint density at radius 3 is 2.18 bits per heavy atom. The van der Waals surface area contributed by atoms with Crippen molar-refractivity contribution in [2.75, 3.05) is 0 Å². The average molecular weight is 379 g/mol. The summed E-state index contributed by atoms with van der Waals surface area (Å²) in [5.41, 5.74) is 0.799. The second-order valence-corrected chi connectivity index (χ2v) is 9.65. The Labute approximate surface area is 167 Å². The molecular weight excluding hydrogens is 348 g/mol. The van der Waals surface area contributed by atoms with Crippen LogP contribution < -0.4 is 5.32 Å². The van der Waals surface area contributed by atoms with Crippen molar-refractivity contribution in [1.29, 1.82) is 0 Å². The first-order chi connectivity index (χ1) is 13.1. The van der Waals surface area contributed by atoms with Gasteiger partial charge in [-0.3, -0.25) is 4.79 Å². The number of nitrogens with one attached hydrogen (secondary N) is 1. The monoisotopic (exact) mass is 378 g/mol. The van der Waals surface area contributed by atoms with Crippen molar-refractivity contribution in [2.24, 2.45) is 0 Å². The summed E-state index contributed by atoms with van der Waals surface area (Å²) < 4.78 is 0. The van der Waals surface area contributed by atoms with Crippen molar-refractivity contribution in [2.45, 2.75) is 69.8 Å². The Morgan fingerprint density at radius 1 is 0.964 bits per heavy atom. The molecule has 1 saturated heterocycles. The van der Waals surface area contributed by atoms with Crippen LogP contribution in [0, 0.1) is 0 Å². The minimum Gasteiger partial charge on any atom is -0.366 e. The zero-order valence-electron chi connectivity index (χ0n) is 17.2. The SMILES string of the molecule is CC1(C)CC(N2C(=O)c3ccccc3C2(O)Cc2ccccc2)CC(C)(C)N1. The van der Waals surface area contributed by atoms with Crippen LogP contribution in [-0.4, -0.2) is 33.0 Å². The number of aliphatic hydroxyl groups is 1. The third-order valence-electron chi connectivity index (χ3n) is 6.03. The normalized spacial score (nSPS) is 26.3. The maximum atomic E-state index is 13.5. The smallest absolute Gasteiger partial charge is 0.257 e. The first-order valence-electron chi connectivity index (χ1n) is 10.1. The van der Waals surface area contributed by atoms with Crippen LogP contribution >= 0.6 is 0 Å². The van der Waals surface area contributed by atoms with E-state index in [-0.39, 0.29) is 23.0 Å². The molecule has 1 fully saturated rings. The van der Waals surface area contributed by atoms with Crippen molar-refractivity contribution in [1.82, 2.24) is 10.2 Å². The summed E-state index contributed by atoms with van der Waals surface area (Å²) in [6.07, 6.45) is 1.99. The number of nitrogens with zero attached hydrogens (tertiary/aromatic N) is 1. The molecule has 1 atom stereocenters. The van der Waals surface area contributed by atoms with Gasteiger partial charge < -0.3 is 15.3 Å². The molecule has 148 valence electrons. The average Bonchev–Trinajstić information content (AvgIpc) is 2.81. The highest BCUT2D eigenvalue weighted by atomic mass is 16.3. The van der Waals surface area contributed by atoms with Crippen LogP contribution in [0.5, 0.6) is 0 Å². The van der Waals surface area contributed by atoms with Gasteiger partial charge in [0.15, 0.2) is 5.72 Å². The summed E-state index contributed by atoms with van der Waals surface area (Å²) in [5, 5.41) is 15.7. The third kappa shape index (κ3) is 3.25. The molecule has 0 bridgehead atoms. The molecule has 28 heavy (non-hydrogen) atoms. The van der Waals surface area contributed by atoms with E-state index in [1.54, 1.807) is 4.90 Å². The van der Waals surface area contributed by atoms with Crippen LogP contribution in [0.25, 0.3) is 0 Å². The first-order valence-corrected chi connectivity index (χ1v) is 10.1. The van der Waals surface area contributed by atoms with Gasteiger partial charge in [0.1, 0.15) is 0 Å². The number of fused-ring (bicyclic) bond motifs is 1. The van der Waals surface area contributed by atoms with E-state index in [1.807, 2.05) is 54.6 Å². The fourth-order valence-electron chi connectivity index (χ4n) is 5.43. The molecule has 2 aromatic rings. The lowest BCUT2D eigenvalue weighted by Crippen LogP contribution is -2.64. The van der Waals surface area contributed by atoms with E-state index in [0.29, 0.717) is 12.0 Å². The van der Waals surface area contributed by atoms with Gasteiger partial charge in [-0.15, -0.1) is 0 Å². The van der Waals surface area contributed by atoms with Crippen LogP contribution in [-0.2, 0) is 12.1 Å². The van der Waals surface area contributed by atoms with Gasteiger partial charge in [-0.2, -0.15) is 0 Å². The third-order valence-corrected chi connectivity index (χ3v) is 6.03. The van der Waals surface area contributed by atoms with E-state index in [0.717, 1.165) is 24.0 Å². The number of benzene rings is 2. The van der Waals surface area contributed by atoms with Crippen LogP contribution in [0.15, 0.2) is 54.6 Å². The van der Waals surface area contributed by atoms with Gasteiger partial charge >= 0.3 is 0 Å². The summed E-state index contributed by atoms with van der Waals surface area (Å²) in [7, 11) is 0. The molecule has 2 N–H and O–H groups in total. The number of hydrogen-bond donors (Lipinski definition) is 2. The lowest BCUT2D eigenvalue weighted by atomic mass is 9.78. The largest absolute Gasteiger partial charge is 0.366 e. The van der Waals surface area contributed by atoms with E-state index in [1.165, 1.54) is 0 Å². The van der Waals surface area contributed by atoms with E-state index in [9.17, 15) is 9.90 Å². The van der Waals surface area contributed by atoms with Gasteiger partial charge in [0.2, 0.25) is 0 Å². The Bertz CT molecular complexity index is 874. The maximum absolute atomic E-state index is 13.5. The molecule has 1 unspecified atom stereocenters. The molecular formula is C24H30N2O2. The minimum absolute atomic E-state index is 0.0418. The lowest BCUT2D eigenvalue weighted by Gasteiger charge is -2.51. The number of rotatable bonds is 3. The highest BCUT2D eigenvalue weighted by molar-refractivity contribution is 6.00. The van der Waals surface area contributed by atoms with Crippen LogP contribution in [0.3, 0.4) is 0 Å². The van der Waals surface area contributed by atoms with Crippen LogP contribution in [0.4, 0.5) is 0 Å². The predicted octanol–water partition coefficient (Wildman–Crippen LogP) is 3.84. The summed E-state index contributed by atoms with van der Waals surface area (Å²) in [4.78, 5) is 15.2. The maximum Gasteiger partial charge on any atom is 0.257 e. The Balaban J connectivity index is 1.79. The summed E-state index contributed by atoms with van der Waals surface area (Å²) >= 11 is 0. The molecule has 2 aromatic carbocycles. The van der Waals surface area contributed by atoms with E-state index in [2.05, 4.69) is 33.0 Å². The molecule has 1 amide bonds. The number of amides is 1. The molecule has 2 aliphatic rings. The zero-order chi connectivity index (χ0) is 20.2. The number of piperidine rings is 1. The fourth-order valence-corrected chi connectivity index (χ4v) is 5.43. The second-order valence-electron chi connectivity index (χ2n) is 9.65. The zero-order valence-corrected chi connectivity index (χ0v) is 17.2. The van der Waals surface area contributed by atoms with Gasteiger partial charge in [-0.05, 0) is 52.2 Å². The predicted molar refractivity (Wildman–Crippen MR) is 111 cm³/mol. The quantitative estimate of drug-likeness (QED) is 0.853. The number of carbonyl (C=O) groups excluding carboxylic acids is 1. The molecule has 0 saturated carbocycles. The van der Waals surface area contributed by atoms with Crippen LogP contribution in [0.1, 0.15) is 62.0 Å². The highest BCUT2D eigenvalue weighted by Gasteiger charge is 2.54. The van der Waals surface area contributed by atoms with Crippen molar-refractivity contribution >= 4 is 5.91 Å². The summed E-state index contributed by atoms with van der Waals surface area (Å²) in [6, 6.07) is 17.4.